The molecule has 0 unspecified atom stereocenters. The van der Waals surface area contributed by atoms with Gasteiger partial charge in [0.15, 0.2) is 0 Å². The zero-order chi connectivity index (χ0) is 23.4. The predicted molar refractivity (Wildman–Crippen MR) is 140 cm³/mol. The fraction of sp³-hybridized carbons (Fsp3) is 1.00. The van der Waals surface area contributed by atoms with Crippen molar-refractivity contribution in [1.82, 2.24) is 0 Å². The van der Waals surface area contributed by atoms with Gasteiger partial charge in [0.1, 0.15) is 7.38 Å². The van der Waals surface area contributed by atoms with Gasteiger partial charge in [0.25, 0.3) is 0 Å². The SMILES string of the molecule is C[Si](C)(C)Cl.C[Si](C)(C)[Si](C)(C)C.[Cl][W]([Cl])([Cl])([Cl])([Cl])[Cl].[Cl][W]([Cl])([Cl])([Cl])[Cl]. The van der Waals surface area contributed by atoms with Crippen molar-refractivity contribution < 1.29 is 16.9 Å². The van der Waals surface area contributed by atoms with Gasteiger partial charge in [-0.2, -0.15) is 11.1 Å². The molecular weight excluding hydrogens is 985 g/mol. The van der Waals surface area contributed by atoms with Gasteiger partial charge in [-0.3, -0.25) is 0 Å². The van der Waals surface area contributed by atoms with Crippen LogP contribution in [0.3, 0.4) is 0 Å². The molecule has 0 saturated carbocycles. The average molecular weight is 1010 g/mol. The molecule has 0 radical (unpaired) electrons. The Labute approximate surface area is 209 Å². The van der Waals surface area contributed by atoms with Crippen LogP contribution in [0.4, 0.5) is 0 Å². The van der Waals surface area contributed by atoms with Gasteiger partial charge in [-0.1, -0.05) is 58.9 Å². The number of hydrogen-bond acceptors (Lipinski definition) is 0. The molecule has 0 aliphatic rings. The van der Waals surface area contributed by atoms with E-state index in [1.54, 1.807) is 0 Å². The van der Waals surface area contributed by atoms with Crippen molar-refractivity contribution in [1.29, 1.82) is 0 Å². The third-order valence-corrected chi connectivity index (χ3v) is 20.2. The van der Waals surface area contributed by atoms with E-state index < -0.39 is 39.5 Å². The first-order chi connectivity index (χ1) is 9.94. The molecule has 0 fully saturated rings. The Bertz CT molecular complexity index is 372. The van der Waals surface area contributed by atoms with Crippen LogP contribution in [0, 0.1) is 0 Å². The van der Waals surface area contributed by atoms with Crippen LogP contribution in [0.25, 0.3) is 0 Å². The molecule has 17 heteroatoms. The summed E-state index contributed by atoms with van der Waals surface area (Å²) in [5, 5.41) is 0. The first kappa shape index (κ1) is 38.8. The van der Waals surface area contributed by atoms with Gasteiger partial charge < -0.3 is 0 Å². The van der Waals surface area contributed by atoms with Crippen LogP contribution in [0.15, 0.2) is 0 Å². The maximum atomic E-state index is 5.67. The Morgan fingerprint density at radius 3 is 0.538 bits per heavy atom. The molecule has 0 aromatic carbocycles. The van der Waals surface area contributed by atoms with Crippen molar-refractivity contribution in [3.63, 3.8) is 0 Å². The fourth-order valence-corrected chi connectivity index (χ4v) is 0. The topological polar surface area (TPSA) is 0 Å². The van der Waals surface area contributed by atoms with Gasteiger partial charge in [-0.15, -0.1) is 0 Å². The Kier molecular flexibility index (Phi) is 16.8. The van der Waals surface area contributed by atoms with Crippen LogP contribution in [0.2, 0.25) is 58.9 Å². The molecule has 0 spiro atoms. The van der Waals surface area contributed by atoms with Crippen LogP contribution < -0.4 is 0 Å². The summed E-state index contributed by atoms with van der Waals surface area (Å²) in [5.74, 6) is 0. The van der Waals surface area contributed by atoms with Crippen molar-refractivity contribution in [2.24, 2.45) is 0 Å². The van der Waals surface area contributed by atoms with Crippen molar-refractivity contribution >= 4 is 137 Å². The summed E-state index contributed by atoms with van der Waals surface area (Å²) in [4.78, 5) is 0. The predicted octanol–water partition coefficient (Wildman–Crippen LogP) is 12.4. The van der Waals surface area contributed by atoms with E-state index in [0.717, 1.165) is 0 Å². The standard InChI is InChI=1S/C6H18Si2.C3H9ClSi.11ClH.2W/c1-7(2,3)8(4,5)6;1-5(2,3)4;;;;;;;;;;;;;/h1-6H3;1-3H3;11*1H;;/q;;;;;;;;;;;;;+5;+6/p-11. The summed E-state index contributed by atoms with van der Waals surface area (Å²) in [6.07, 6.45) is 0. The summed E-state index contributed by atoms with van der Waals surface area (Å²) in [6, 6.07) is 0. The minimum atomic E-state index is -5.47. The van der Waals surface area contributed by atoms with E-state index in [-0.39, 0.29) is 0 Å². The molecule has 0 heterocycles. The zero-order valence-corrected chi connectivity index (χ0v) is 33.8. The molecule has 0 bridgehead atoms. The second-order valence-electron chi connectivity index (χ2n) is 8.02. The van der Waals surface area contributed by atoms with E-state index in [4.69, 9.17) is 115 Å². The molecule has 0 atom stereocenters. The Hall–Kier alpha value is 5.51. The second-order valence-corrected chi connectivity index (χ2v) is 140. The van der Waals surface area contributed by atoms with Crippen molar-refractivity contribution in [2.45, 2.75) is 58.9 Å². The second kappa shape index (κ2) is 11.3. The first-order valence-electron chi connectivity index (χ1n) is 6.64. The van der Waals surface area contributed by atoms with Crippen LogP contribution in [0.5, 0.6) is 0 Å². The molecule has 0 amide bonds. The quantitative estimate of drug-likeness (QED) is 0.181. The van der Waals surface area contributed by atoms with Crippen LogP contribution >= 0.6 is 115 Å². The number of halogens is 12. The maximum absolute atomic E-state index is 5.67. The summed E-state index contributed by atoms with van der Waals surface area (Å²) < 4.78 is 0. The molecular formula is C9H27Cl12Si3W2. The Morgan fingerprint density at radius 1 is 0.500 bits per heavy atom. The molecule has 0 aliphatic heterocycles. The van der Waals surface area contributed by atoms with Crippen LogP contribution in [-0.4, -0.2) is 22.6 Å². The van der Waals surface area contributed by atoms with Gasteiger partial charge in [0.05, 0.1) is 0 Å². The molecule has 26 heavy (non-hydrogen) atoms. The fourth-order valence-electron chi connectivity index (χ4n) is 0. The molecule has 0 saturated heterocycles. The van der Waals surface area contributed by atoms with Gasteiger partial charge in [0.2, 0.25) is 0 Å². The van der Waals surface area contributed by atoms with Crippen molar-refractivity contribution in [3.05, 3.63) is 0 Å². The normalized spacial score (nSPS) is 17.3. The minimum absolute atomic E-state index is 0.720. The van der Waals surface area contributed by atoms with Gasteiger partial charge in [-0.25, -0.2) is 0 Å². The zero-order valence-electron chi connectivity index (χ0n) is 15.9. The van der Waals surface area contributed by atoms with E-state index in [0.29, 0.717) is 0 Å². The van der Waals surface area contributed by atoms with Crippen molar-refractivity contribution in [2.75, 3.05) is 0 Å². The monoisotopic (exact) mass is 1010 g/mol. The third kappa shape index (κ3) is 114. The summed E-state index contributed by atoms with van der Waals surface area (Å²) >= 11 is 5.67. The molecule has 0 nitrogen and oxygen atoms in total. The first-order valence-corrected chi connectivity index (χ1v) is 59.1. The molecule has 0 aliphatic carbocycles. The number of hydrogen-bond donors (Lipinski definition) is 0. The van der Waals surface area contributed by atoms with Gasteiger partial charge in [-0.05, 0) is 0 Å². The van der Waals surface area contributed by atoms with Crippen molar-refractivity contribution in [3.8, 4) is 0 Å². The third-order valence-electron chi connectivity index (χ3n) is 2.25. The van der Waals surface area contributed by atoms with E-state index in [1.807, 2.05) is 0 Å². The Balaban J connectivity index is -0.000000126. The molecule has 0 aromatic rings. The molecule has 0 rings (SSSR count). The molecule has 0 N–H and O–H groups in total. The average Bonchev–Trinajstić information content (AvgIpc) is 1.80. The summed E-state index contributed by atoms with van der Waals surface area (Å²) in [5.41, 5.74) is 0. The molecule has 0 aromatic heterocycles. The van der Waals surface area contributed by atoms with Crippen LogP contribution in [-0.2, 0) is 16.9 Å². The van der Waals surface area contributed by atoms with Gasteiger partial charge >= 0.3 is 121 Å². The van der Waals surface area contributed by atoms with E-state index in [2.05, 4.69) is 58.9 Å². The van der Waals surface area contributed by atoms with E-state index in [9.17, 15) is 0 Å². The summed E-state index contributed by atoms with van der Waals surface area (Å²) in [6.45, 7) is 21.1. The van der Waals surface area contributed by atoms with Crippen LogP contribution in [0.1, 0.15) is 0 Å². The molecule has 171 valence electrons. The van der Waals surface area contributed by atoms with E-state index in [1.165, 1.54) is 0 Å². The van der Waals surface area contributed by atoms with E-state index >= 15 is 0 Å². The number of rotatable bonds is 1. The Morgan fingerprint density at radius 2 is 0.538 bits per heavy atom. The van der Waals surface area contributed by atoms with Gasteiger partial charge in [0, 0.05) is 15.2 Å². The summed E-state index contributed by atoms with van der Waals surface area (Å²) in [7, 11) is 43.3.